The fourth-order valence-corrected chi connectivity index (χ4v) is 4.63. The summed E-state index contributed by atoms with van der Waals surface area (Å²) in [6.45, 7) is 18.7. The topological polar surface area (TPSA) is 75.6 Å². The number of ether oxygens (including phenoxy) is 1. The number of aromatic hydroxyl groups is 1. The number of rotatable bonds is 16. The van der Waals surface area contributed by atoms with Gasteiger partial charge in [-0.25, -0.2) is 0 Å². The normalized spacial score (nSPS) is 12.4. The van der Waals surface area contributed by atoms with Gasteiger partial charge in [-0.3, -0.25) is 9.59 Å². The molecular formula is C33H57NO4. The van der Waals surface area contributed by atoms with Crippen LogP contribution in [-0.4, -0.2) is 29.1 Å². The lowest BCUT2D eigenvalue weighted by Crippen LogP contribution is -2.47. The van der Waals surface area contributed by atoms with E-state index in [1.165, 1.54) is 44.9 Å². The second-order valence-corrected chi connectivity index (χ2v) is 13.7. The van der Waals surface area contributed by atoms with E-state index >= 15 is 0 Å². The summed E-state index contributed by atoms with van der Waals surface area (Å²) in [4.78, 5) is 25.0. The number of esters is 1. The average molecular weight is 532 g/mol. The van der Waals surface area contributed by atoms with Crippen LogP contribution in [0.1, 0.15) is 150 Å². The minimum absolute atomic E-state index is 0.0762. The molecule has 218 valence electrons. The fourth-order valence-electron chi connectivity index (χ4n) is 4.63. The lowest BCUT2D eigenvalue weighted by Gasteiger charge is -2.28. The van der Waals surface area contributed by atoms with Crippen molar-refractivity contribution < 1.29 is 19.4 Å². The number of amides is 1. The molecule has 0 heterocycles. The Morgan fingerprint density at radius 1 is 0.763 bits per heavy atom. The molecule has 5 nitrogen and oxygen atoms in total. The third-order valence-corrected chi connectivity index (χ3v) is 6.98. The first-order chi connectivity index (χ1) is 17.6. The van der Waals surface area contributed by atoms with Crippen molar-refractivity contribution in [3.8, 4) is 5.75 Å². The molecule has 1 aromatic carbocycles. The highest BCUT2D eigenvalue weighted by Gasteiger charge is 2.27. The molecule has 0 radical (unpaired) electrons. The third kappa shape index (κ3) is 13.2. The van der Waals surface area contributed by atoms with Gasteiger partial charge in [-0.05, 0) is 54.2 Å². The maximum absolute atomic E-state index is 12.8. The molecule has 0 aliphatic carbocycles. The molecule has 0 aliphatic rings. The Bertz CT molecular complexity index is 839. The van der Waals surface area contributed by atoms with Crippen molar-refractivity contribution in [1.29, 1.82) is 0 Å². The van der Waals surface area contributed by atoms with E-state index in [9.17, 15) is 14.7 Å². The molecule has 0 aliphatic heterocycles. The van der Waals surface area contributed by atoms with Crippen LogP contribution in [0.5, 0.6) is 5.75 Å². The Morgan fingerprint density at radius 2 is 1.24 bits per heavy atom. The van der Waals surface area contributed by atoms with Gasteiger partial charge < -0.3 is 15.2 Å². The standard InChI is InChI=1S/C33H57NO4/c1-10-11-12-13-14-15-16-17-18-19-29(36)38-24-33(8,9)34-28(35)21-20-25-22-26(31(2,3)4)30(37)27(23-25)32(5,6)7/h22-23,37H,10-21,24H2,1-9H3,(H,34,35). The number of unbranched alkanes of at least 4 members (excludes halogenated alkanes) is 8. The molecule has 0 fully saturated rings. The van der Waals surface area contributed by atoms with E-state index in [2.05, 4.69) is 53.8 Å². The number of aryl methyl sites for hydroxylation is 1. The Morgan fingerprint density at radius 3 is 1.71 bits per heavy atom. The highest BCUT2D eigenvalue weighted by Crippen LogP contribution is 2.40. The molecule has 1 rings (SSSR count). The molecule has 5 heteroatoms. The Labute approximate surface area is 233 Å². The smallest absolute Gasteiger partial charge is 0.305 e. The molecule has 0 bridgehead atoms. The number of benzene rings is 1. The lowest BCUT2D eigenvalue weighted by molar-refractivity contribution is -0.146. The number of hydrogen-bond acceptors (Lipinski definition) is 4. The summed E-state index contributed by atoms with van der Waals surface area (Å²) >= 11 is 0. The molecule has 0 unspecified atom stereocenters. The van der Waals surface area contributed by atoms with E-state index in [-0.39, 0.29) is 29.3 Å². The van der Waals surface area contributed by atoms with Crippen LogP contribution < -0.4 is 5.32 Å². The van der Waals surface area contributed by atoms with Crippen molar-refractivity contribution in [3.05, 3.63) is 28.8 Å². The van der Waals surface area contributed by atoms with E-state index < -0.39 is 5.54 Å². The highest BCUT2D eigenvalue weighted by molar-refractivity contribution is 5.77. The number of hydrogen-bond donors (Lipinski definition) is 2. The summed E-state index contributed by atoms with van der Waals surface area (Å²) in [5, 5.41) is 13.9. The molecule has 38 heavy (non-hydrogen) atoms. The summed E-state index contributed by atoms with van der Waals surface area (Å²) in [7, 11) is 0. The molecular weight excluding hydrogens is 474 g/mol. The Balaban J connectivity index is 2.49. The largest absolute Gasteiger partial charge is 0.507 e. The molecule has 0 spiro atoms. The van der Waals surface area contributed by atoms with Crippen LogP contribution >= 0.6 is 0 Å². The second kappa shape index (κ2) is 15.5. The van der Waals surface area contributed by atoms with Gasteiger partial charge in [0.15, 0.2) is 0 Å². The monoisotopic (exact) mass is 531 g/mol. The molecule has 0 aromatic heterocycles. The quantitative estimate of drug-likeness (QED) is 0.166. The van der Waals surface area contributed by atoms with E-state index in [1.807, 2.05) is 26.0 Å². The van der Waals surface area contributed by atoms with Crippen molar-refractivity contribution in [2.75, 3.05) is 6.61 Å². The minimum Gasteiger partial charge on any atom is -0.507 e. The summed E-state index contributed by atoms with van der Waals surface area (Å²) in [6.07, 6.45) is 12.2. The van der Waals surface area contributed by atoms with E-state index in [0.717, 1.165) is 29.5 Å². The van der Waals surface area contributed by atoms with Gasteiger partial charge in [0, 0.05) is 12.8 Å². The van der Waals surface area contributed by atoms with Crippen molar-refractivity contribution >= 4 is 11.9 Å². The van der Waals surface area contributed by atoms with Crippen molar-refractivity contribution in [2.24, 2.45) is 0 Å². The van der Waals surface area contributed by atoms with Crippen LogP contribution in [0.3, 0.4) is 0 Å². The third-order valence-electron chi connectivity index (χ3n) is 6.98. The van der Waals surface area contributed by atoms with E-state index in [1.54, 1.807) is 0 Å². The van der Waals surface area contributed by atoms with Gasteiger partial charge in [-0.2, -0.15) is 0 Å². The lowest BCUT2D eigenvalue weighted by atomic mass is 9.78. The van der Waals surface area contributed by atoms with Gasteiger partial charge in [0.05, 0.1) is 5.54 Å². The number of carbonyl (C=O) groups is 2. The Kier molecular flexibility index (Phi) is 13.9. The molecule has 2 N–H and O–H groups in total. The zero-order valence-corrected chi connectivity index (χ0v) is 26.0. The van der Waals surface area contributed by atoms with Crippen molar-refractivity contribution in [3.63, 3.8) is 0 Å². The Hall–Kier alpha value is -2.04. The average Bonchev–Trinajstić information content (AvgIpc) is 2.79. The minimum atomic E-state index is -0.632. The number of phenolic OH excluding ortho intramolecular Hbond substituents is 1. The van der Waals surface area contributed by atoms with E-state index in [4.69, 9.17) is 4.74 Å². The van der Waals surface area contributed by atoms with Gasteiger partial charge in [-0.1, -0.05) is 112 Å². The molecule has 0 saturated heterocycles. The summed E-state index contributed by atoms with van der Waals surface area (Å²) < 4.78 is 5.48. The van der Waals surface area contributed by atoms with Crippen LogP contribution in [0.25, 0.3) is 0 Å². The molecule has 0 saturated carbocycles. The molecule has 1 amide bonds. The maximum Gasteiger partial charge on any atom is 0.305 e. The predicted octanol–water partition coefficient (Wildman–Crippen LogP) is 8.28. The van der Waals surface area contributed by atoms with Crippen molar-refractivity contribution in [1.82, 2.24) is 5.32 Å². The first kappa shape index (κ1) is 34.0. The first-order valence-electron chi connectivity index (χ1n) is 14.9. The zero-order valence-electron chi connectivity index (χ0n) is 26.0. The fraction of sp³-hybridized carbons (Fsp3) is 0.758. The van der Waals surface area contributed by atoms with Gasteiger partial charge in [0.2, 0.25) is 5.91 Å². The summed E-state index contributed by atoms with van der Waals surface area (Å²) in [6, 6.07) is 4.05. The van der Waals surface area contributed by atoms with Gasteiger partial charge >= 0.3 is 5.97 Å². The summed E-state index contributed by atoms with van der Waals surface area (Å²) in [5.41, 5.74) is 1.80. The van der Waals surface area contributed by atoms with Crippen LogP contribution in [0.4, 0.5) is 0 Å². The van der Waals surface area contributed by atoms with Crippen molar-refractivity contribution in [2.45, 2.75) is 156 Å². The first-order valence-corrected chi connectivity index (χ1v) is 14.9. The number of nitrogens with one attached hydrogen (secondary N) is 1. The number of carbonyl (C=O) groups excluding carboxylic acids is 2. The van der Waals surface area contributed by atoms with Gasteiger partial charge in [-0.15, -0.1) is 0 Å². The maximum atomic E-state index is 12.8. The van der Waals surface area contributed by atoms with Crippen LogP contribution in [0.15, 0.2) is 12.1 Å². The van der Waals surface area contributed by atoms with Gasteiger partial charge in [0.25, 0.3) is 0 Å². The molecule has 0 atom stereocenters. The van der Waals surface area contributed by atoms with Crippen LogP contribution in [0, 0.1) is 0 Å². The van der Waals surface area contributed by atoms with E-state index in [0.29, 0.717) is 25.0 Å². The zero-order chi connectivity index (χ0) is 29.0. The molecule has 1 aromatic rings. The van der Waals surface area contributed by atoms with Crippen LogP contribution in [0.2, 0.25) is 0 Å². The summed E-state index contributed by atoms with van der Waals surface area (Å²) in [5.74, 6) is 0.0834. The predicted molar refractivity (Wildman–Crippen MR) is 159 cm³/mol. The number of phenols is 1. The van der Waals surface area contributed by atoms with Crippen LogP contribution in [-0.2, 0) is 31.6 Å². The highest BCUT2D eigenvalue weighted by atomic mass is 16.5. The second-order valence-electron chi connectivity index (χ2n) is 13.7. The SMILES string of the molecule is CCCCCCCCCCCC(=O)OCC(C)(C)NC(=O)CCc1cc(C(C)(C)C)c(O)c(C(C)(C)C)c1. The van der Waals surface area contributed by atoms with Gasteiger partial charge in [0.1, 0.15) is 12.4 Å².